The topological polar surface area (TPSA) is 61.9 Å². The van der Waals surface area contributed by atoms with Gasteiger partial charge in [-0.1, -0.05) is 0 Å². The Kier molecular flexibility index (Phi) is 4.20. The van der Waals surface area contributed by atoms with Crippen LogP contribution in [0.15, 0.2) is 0 Å². The van der Waals surface area contributed by atoms with Crippen LogP contribution >= 0.6 is 0 Å². The Morgan fingerprint density at radius 1 is 1.20 bits per heavy atom. The fourth-order valence-corrected chi connectivity index (χ4v) is 1.46. The van der Waals surface area contributed by atoms with Crippen molar-refractivity contribution in [2.24, 2.45) is 0 Å². The van der Waals surface area contributed by atoms with E-state index in [1.807, 2.05) is 0 Å². The molecule has 1 rings (SSSR count). The molecule has 0 aliphatic carbocycles. The minimum atomic E-state index is -0.297. The summed E-state index contributed by atoms with van der Waals surface area (Å²) in [5.41, 5.74) is 0. The van der Waals surface area contributed by atoms with E-state index in [0.717, 1.165) is 0 Å². The summed E-state index contributed by atoms with van der Waals surface area (Å²) >= 11 is 0. The SMILES string of the molecule is CCOC(=O)N1CCN(C(=O)NC)CC1. The molecular formula is C9H17N3O3. The van der Waals surface area contributed by atoms with Gasteiger partial charge in [0, 0.05) is 33.2 Å². The van der Waals surface area contributed by atoms with E-state index in [1.54, 1.807) is 23.8 Å². The van der Waals surface area contributed by atoms with Crippen LogP contribution in [0, 0.1) is 0 Å². The molecule has 0 atom stereocenters. The van der Waals surface area contributed by atoms with Gasteiger partial charge < -0.3 is 19.9 Å². The zero-order valence-corrected chi connectivity index (χ0v) is 9.15. The molecule has 3 amide bonds. The Morgan fingerprint density at radius 2 is 1.73 bits per heavy atom. The summed E-state index contributed by atoms with van der Waals surface area (Å²) in [6.45, 7) is 4.34. The van der Waals surface area contributed by atoms with Gasteiger partial charge in [0.1, 0.15) is 0 Å². The quantitative estimate of drug-likeness (QED) is 0.674. The van der Waals surface area contributed by atoms with Crippen molar-refractivity contribution in [2.75, 3.05) is 39.8 Å². The van der Waals surface area contributed by atoms with Crippen molar-refractivity contribution in [3.8, 4) is 0 Å². The lowest BCUT2D eigenvalue weighted by molar-refractivity contribution is 0.0854. The third-order valence-corrected chi connectivity index (χ3v) is 2.31. The summed E-state index contributed by atoms with van der Waals surface area (Å²) in [5.74, 6) is 0. The van der Waals surface area contributed by atoms with E-state index in [2.05, 4.69) is 5.32 Å². The number of carbonyl (C=O) groups is 2. The number of nitrogens with zero attached hydrogens (tertiary/aromatic N) is 2. The first-order valence-electron chi connectivity index (χ1n) is 5.07. The lowest BCUT2D eigenvalue weighted by Gasteiger charge is -2.33. The maximum atomic E-state index is 11.3. The van der Waals surface area contributed by atoms with Crippen molar-refractivity contribution in [1.29, 1.82) is 0 Å². The number of hydrogen-bond acceptors (Lipinski definition) is 3. The van der Waals surface area contributed by atoms with Crippen LogP contribution in [-0.2, 0) is 4.74 Å². The molecule has 0 spiro atoms. The average Bonchev–Trinajstić information content (AvgIpc) is 2.28. The van der Waals surface area contributed by atoms with E-state index in [4.69, 9.17) is 4.74 Å². The second-order valence-corrected chi connectivity index (χ2v) is 3.23. The Balaban J connectivity index is 2.35. The molecule has 0 unspecified atom stereocenters. The van der Waals surface area contributed by atoms with Gasteiger partial charge in [-0.3, -0.25) is 0 Å². The summed E-state index contributed by atoms with van der Waals surface area (Å²) in [7, 11) is 1.60. The van der Waals surface area contributed by atoms with Crippen molar-refractivity contribution in [2.45, 2.75) is 6.92 Å². The monoisotopic (exact) mass is 215 g/mol. The molecule has 0 radical (unpaired) electrons. The van der Waals surface area contributed by atoms with Crippen LogP contribution in [-0.4, -0.2) is 61.8 Å². The molecule has 1 N–H and O–H groups in total. The van der Waals surface area contributed by atoms with Crippen molar-refractivity contribution in [1.82, 2.24) is 15.1 Å². The Hall–Kier alpha value is -1.46. The first kappa shape index (κ1) is 11.6. The second-order valence-electron chi connectivity index (χ2n) is 3.23. The van der Waals surface area contributed by atoms with Crippen molar-refractivity contribution in [3.63, 3.8) is 0 Å². The highest BCUT2D eigenvalue weighted by Crippen LogP contribution is 2.03. The normalized spacial score (nSPS) is 16.1. The largest absolute Gasteiger partial charge is 0.450 e. The molecule has 0 saturated carbocycles. The lowest BCUT2D eigenvalue weighted by Crippen LogP contribution is -2.52. The van der Waals surface area contributed by atoms with Gasteiger partial charge in [0.05, 0.1) is 6.61 Å². The number of rotatable bonds is 1. The van der Waals surface area contributed by atoms with Gasteiger partial charge in [0.25, 0.3) is 0 Å². The molecule has 0 aromatic heterocycles. The molecule has 0 aromatic carbocycles. The molecule has 1 fully saturated rings. The number of hydrogen-bond donors (Lipinski definition) is 1. The van der Waals surface area contributed by atoms with Gasteiger partial charge in [-0.2, -0.15) is 0 Å². The van der Waals surface area contributed by atoms with Crippen LogP contribution in [0.3, 0.4) is 0 Å². The van der Waals surface area contributed by atoms with Crippen LogP contribution in [0.25, 0.3) is 0 Å². The molecule has 15 heavy (non-hydrogen) atoms. The number of ether oxygens (including phenoxy) is 1. The van der Waals surface area contributed by atoms with Crippen LogP contribution in [0.5, 0.6) is 0 Å². The van der Waals surface area contributed by atoms with Crippen LogP contribution in [0.2, 0.25) is 0 Å². The summed E-state index contributed by atoms with van der Waals surface area (Å²) in [6, 6.07) is -0.0986. The Morgan fingerprint density at radius 3 is 2.20 bits per heavy atom. The van der Waals surface area contributed by atoms with Gasteiger partial charge in [-0.15, -0.1) is 0 Å². The van der Waals surface area contributed by atoms with Gasteiger partial charge in [0.2, 0.25) is 0 Å². The fraction of sp³-hybridized carbons (Fsp3) is 0.778. The highest BCUT2D eigenvalue weighted by atomic mass is 16.6. The molecule has 0 bridgehead atoms. The molecule has 6 heteroatoms. The molecule has 0 aromatic rings. The van der Waals surface area contributed by atoms with Crippen LogP contribution in [0.4, 0.5) is 9.59 Å². The van der Waals surface area contributed by atoms with Crippen molar-refractivity contribution < 1.29 is 14.3 Å². The highest BCUT2D eigenvalue weighted by Gasteiger charge is 2.23. The van der Waals surface area contributed by atoms with Gasteiger partial charge in [0.15, 0.2) is 0 Å². The van der Waals surface area contributed by atoms with Crippen LogP contribution in [0.1, 0.15) is 6.92 Å². The number of nitrogens with one attached hydrogen (secondary N) is 1. The van der Waals surface area contributed by atoms with Crippen molar-refractivity contribution >= 4 is 12.1 Å². The maximum absolute atomic E-state index is 11.3. The number of amides is 3. The smallest absolute Gasteiger partial charge is 0.409 e. The van der Waals surface area contributed by atoms with Gasteiger partial charge in [-0.05, 0) is 6.92 Å². The predicted octanol–water partition coefficient (Wildman–Crippen LogP) is 0.0999. The number of piperazine rings is 1. The summed E-state index contributed by atoms with van der Waals surface area (Å²) in [4.78, 5) is 25.9. The first-order chi connectivity index (χ1) is 7.19. The van der Waals surface area contributed by atoms with E-state index in [0.29, 0.717) is 32.8 Å². The van der Waals surface area contributed by atoms with Crippen LogP contribution < -0.4 is 5.32 Å². The molecular weight excluding hydrogens is 198 g/mol. The average molecular weight is 215 g/mol. The van der Waals surface area contributed by atoms with Gasteiger partial charge >= 0.3 is 12.1 Å². The zero-order valence-electron chi connectivity index (χ0n) is 9.15. The lowest BCUT2D eigenvalue weighted by atomic mass is 10.3. The van der Waals surface area contributed by atoms with E-state index in [1.165, 1.54) is 0 Å². The maximum Gasteiger partial charge on any atom is 0.409 e. The zero-order chi connectivity index (χ0) is 11.3. The standard InChI is InChI=1S/C9H17N3O3/c1-3-15-9(14)12-6-4-11(5-7-12)8(13)10-2/h3-7H2,1-2H3,(H,10,13). The summed E-state index contributed by atoms with van der Waals surface area (Å²) < 4.78 is 4.87. The second kappa shape index (κ2) is 5.43. The minimum Gasteiger partial charge on any atom is -0.450 e. The minimum absolute atomic E-state index is 0.0986. The molecule has 1 aliphatic rings. The summed E-state index contributed by atoms with van der Waals surface area (Å²) in [5, 5.41) is 2.56. The predicted molar refractivity (Wildman–Crippen MR) is 54.6 cm³/mol. The first-order valence-corrected chi connectivity index (χ1v) is 5.07. The molecule has 6 nitrogen and oxygen atoms in total. The van der Waals surface area contributed by atoms with Crippen molar-refractivity contribution in [3.05, 3.63) is 0 Å². The van der Waals surface area contributed by atoms with E-state index in [-0.39, 0.29) is 12.1 Å². The number of carbonyl (C=O) groups excluding carboxylic acids is 2. The van der Waals surface area contributed by atoms with Gasteiger partial charge in [-0.25, -0.2) is 9.59 Å². The van der Waals surface area contributed by atoms with E-state index < -0.39 is 0 Å². The third-order valence-electron chi connectivity index (χ3n) is 2.31. The molecule has 1 aliphatic heterocycles. The molecule has 1 saturated heterocycles. The Labute approximate surface area is 89.2 Å². The number of urea groups is 1. The highest BCUT2D eigenvalue weighted by molar-refractivity contribution is 5.74. The van der Waals surface area contributed by atoms with E-state index in [9.17, 15) is 9.59 Å². The fourth-order valence-electron chi connectivity index (χ4n) is 1.46. The third kappa shape index (κ3) is 3.00. The van der Waals surface area contributed by atoms with E-state index >= 15 is 0 Å². The molecule has 86 valence electrons. The molecule has 1 heterocycles. The Bertz CT molecular complexity index is 237. The summed E-state index contributed by atoms with van der Waals surface area (Å²) in [6.07, 6.45) is -0.297.